The maximum atomic E-state index is 12.2. The molecular weight excluding hydrogens is 232 g/mol. The number of rotatable bonds is 0. The number of ether oxygens (including phenoxy) is 2. The molecule has 18 heavy (non-hydrogen) atoms. The van der Waals surface area contributed by atoms with Crippen molar-refractivity contribution in [1.29, 1.82) is 0 Å². The van der Waals surface area contributed by atoms with Gasteiger partial charge in [-0.1, -0.05) is 19.3 Å². The quantitative estimate of drug-likeness (QED) is 0.492. The molecule has 0 aromatic heterocycles. The van der Waals surface area contributed by atoms with Crippen LogP contribution in [0.25, 0.3) is 0 Å². The highest BCUT2D eigenvalue weighted by Crippen LogP contribution is 2.39. The summed E-state index contributed by atoms with van der Waals surface area (Å²) in [5, 5.41) is 0. The van der Waals surface area contributed by atoms with E-state index in [9.17, 15) is 9.59 Å². The Hall–Kier alpha value is -1.06. The minimum Gasteiger partial charge on any atom is -0.465 e. The monoisotopic (exact) mass is 254 g/mol. The van der Waals surface area contributed by atoms with E-state index in [2.05, 4.69) is 0 Å². The third kappa shape index (κ3) is 2.85. The topological polar surface area (TPSA) is 52.6 Å². The molecule has 2 aliphatic rings. The molecule has 102 valence electrons. The highest BCUT2D eigenvalue weighted by Gasteiger charge is 2.49. The van der Waals surface area contributed by atoms with Gasteiger partial charge in [-0.2, -0.15) is 0 Å². The molecule has 1 spiro atoms. The highest BCUT2D eigenvalue weighted by atomic mass is 16.6. The van der Waals surface area contributed by atoms with Crippen LogP contribution in [0, 0.1) is 5.41 Å². The molecule has 1 saturated carbocycles. The summed E-state index contributed by atoms with van der Waals surface area (Å²) in [4.78, 5) is 24.4. The van der Waals surface area contributed by atoms with Gasteiger partial charge in [0.15, 0.2) is 5.41 Å². The van der Waals surface area contributed by atoms with Gasteiger partial charge in [0.1, 0.15) is 0 Å². The van der Waals surface area contributed by atoms with Gasteiger partial charge in [-0.15, -0.1) is 0 Å². The largest absolute Gasteiger partial charge is 0.465 e. The third-order valence-electron chi connectivity index (χ3n) is 3.99. The summed E-state index contributed by atoms with van der Waals surface area (Å²) >= 11 is 0. The lowest BCUT2D eigenvalue weighted by atomic mass is 9.74. The average molecular weight is 254 g/mol. The summed E-state index contributed by atoms with van der Waals surface area (Å²) < 4.78 is 10.6. The van der Waals surface area contributed by atoms with Crippen molar-refractivity contribution in [3.8, 4) is 0 Å². The van der Waals surface area contributed by atoms with E-state index in [0.29, 0.717) is 26.1 Å². The van der Waals surface area contributed by atoms with Crippen molar-refractivity contribution >= 4 is 11.9 Å². The van der Waals surface area contributed by atoms with E-state index in [-0.39, 0.29) is 11.9 Å². The van der Waals surface area contributed by atoms with Crippen molar-refractivity contribution in [1.82, 2.24) is 0 Å². The third-order valence-corrected chi connectivity index (χ3v) is 3.99. The van der Waals surface area contributed by atoms with E-state index in [1.54, 1.807) is 0 Å². The standard InChI is InChI=1S/C14H22O4/c15-12-14(8-4-3-5-9-14)13(16)18-11-7-2-1-6-10-17-12/h1-11H2. The van der Waals surface area contributed by atoms with Gasteiger partial charge in [-0.3, -0.25) is 9.59 Å². The lowest BCUT2D eigenvalue weighted by Gasteiger charge is -2.32. The molecule has 1 aliphatic carbocycles. The second kappa shape index (κ2) is 6.21. The van der Waals surface area contributed by atoms with Crippen LogP contribution >= 0.6 is 0 Å². The molecule has 0 unspecified atom stereocenters. The van der Waals surface area contributed by atoms with Crippen molar-refractivity contribution in [2.45, 2.75) is 57.8 Å². The van der Waals surface area contributed by atoms with Crippen LogP contribution in [-0.2, 0) is 19.1 Å². The van der Waals surface area contributed by atoms with Crippen LogP contribution in [0.3, 0.4) is 0 Å². The fourth-order valence-electron chi connectivity index (χ4n) is 2.81. The summed E-state index contributed by atoms with van der Waals surface area (Å²) in [5.74, 6) is -0.705. The van der Waals surface area contributed by atoms with E-state index in [1.165, 1.54) is 0 Å². The number of carbonyl (C=O) groups excluding carboxylic acids is 2. The SMILES string of the molecule is O=C1OCCCCCCOC(=O)C12CCCCC2. The van der Waals surface area contributed by atoms with Crippen molar-refractivity contribution < 1.29 is 19.1 Å². The fourth-order valence-corrected chi connectivity index (χ4v) is 2.81. The minimum absolute atomic E-state index is 0.353. The van der Waals surface area contributed by atoms with Crippen LogP contribution in [0.1, 0.15) is 57.8 Å². The van der Waals surface area contributed by atoms with E-state index >= 15 is 0 Å². The lowest BCUT2D eigenvalue weighted by molar-refractivity contribution is -0.175. The van der Waals surface area contributed by atoms with Gasteiger partial charge in [0.05, 0.1) is 13.2 Å². The number of cyclic esters (lactones) is 2. The van der Waals surface area contributed by atoms with Crippen LogP contribution in [0.4, 0.5) is 0 Å². The number of hydrogen-bond acceptors (Lipinski definition) is 4. The molecule has 0 radical (unpaired) electrons. The Balaban J connectivity index is 2.12. The molecule has 0 N–H and O–H groups in total. The van der Waals surface area contributed by atoms with Crippen molar-refractivity contribution in [2.75, 3.05) is 13.2 Å². The first kappa shape index (κ1) is 13.4. The zero-order valence-electron chi connectivity index (χ0n) is 10.9. The predicted octanol–water partition coefficient (Wildman–Crippen LogP) is 2.60. The fraction of sp³-hybridized carbons (Fsp3) is 0.857. The summed E-state index contributed by atoms with van der Waals surface area (Å²) in [6.45, 7) is 0.877. The molecule has 0 bridgehead atoms. The molecule has 1 aliphatic heterocycles. The summed E-state index contributed by atoms with van der Waals surface area (Å²) in [6.07, 6.45) is 7.90. The normalized spacial score (nSPS) is 26.0. The van der Waals surface area contributed by atoms with Crippen molar-refractivity contribution in [2.24, 2.45) is 5.41 Å². The van der Waals surface area contributed by atoms with Gasteiger partial charge in [0, 0.05) is 0 Å². The number of esters is 2. The summed E-state index contributed by atoms with van der Waals surface area (Å²) in [7, 11) is 0. The predicted molar refractivity (Wildman–Crippen MR) is 65.9 cm³/mol. The molecule has 0 amide bonds. The average Bonchev–Trinajstić information content (AvgIpc) is 2.43. The zero-order chi connectivity index (χ0) is 12.8. The van der Waals surface area contributed by atoms with Crippen LogP contribution in [0.5, 0.6) is 0 Å². The van der Waals surface area contributed by atoms with Crippen LogP contribution in [0.15, 0.2) is 0 Å². The first-order valence-corrected chi connectivity index (χ1v) is 7.10. The smallest absolute Gasteiger partial charge is 0.323 e. The molecule has 4 heteroatoms. The Morgan fingerprint density at radius 1 is 0.667 bits per heavy atom. The van der Waals surface area contributed by atoms with Crippen LogP contribution in [-0.4, -0.2) is 25.2 Å². The number of carbonyl (C=O) groups is 2. The van der Waals surface area contributed by atoms with Gasteiger partial charge in [-0.05, 0) is 38.5 Å². The Morgan fingerprint density at radius 2 is 1.11 bits per heavy atom. The Morgan fingerprint density at radius 3 is 1.61 bits per heavy atom. The molecule has 0 aromatic rings. The van der Waals surface area contributed by atoms with E-state index in [1.807, 2.05) is 0 Å². The van der Waals surface area contributed by atoms with Crippen LogP contribution in [0.2, 0.25) is 0 Å². The van der Waals surface area contributed by atoms with Crippen molar-refractivity contribution in [3.63, 3.8) is 0 Å². The lowest BCUT2D eigenvalue weighted by Crippen LogP contribution is -2.43. The maximum absolute atomic E-state index is 12.2. The van der Waals surface area contributed by atoms with Gasteiger partial charge in [-0.25, -0.2) is 0 Å². The second-order valence-electron chi connectivity index (χ2n) is 5.33. The summed E-state index contributed by atoms with van der Waals surface area (Å²) in [5.41, 5.74) is -0.997. The highest BCUT2D eigenvalue weighted by molar-refractivity contribution is 6.00. The molecule has 0 atom stereocenters. The minimum atomic E-state index is -0.997. The second-order valence-corrected chi connectivity index (χ2v) is 5.33. The van der Waals surface area contributed by atoms with Gasteiger partial charge in [0.2, 0.25) is 0 Å². The summed E-state index contributed by atoms with van der Waals surface area (Å²) in [6, 6.07) is 0. The Kier molecular flexibility index (Phi) is 4.61. The zero-order valence-corrected chi connectivity index (χ0v) is 10.9. The molecule has 2 rings (SSSR count). The molecule has 4 nitrogen and oxygen atoms in total. The maximum Gasteiger partial charge on any atom is 0.323 e. The van der Waals surface area contributed by atoms with E-state index in [4.69, 9.17) is 9.47 Å². The first-order valence-electron chi connectivity index (χ1n) is 7.10. The molecule has 0 aromatic carbocycles. The Bertz CT molecular complexity index is 281. The van der Waals surface area contributed by atoms with Gasteiger partial charge >= 0.3 is 11.9 Å². The molecular formula is C14H22O4. The first-order chi connectivity index (χ1) is 8.76. The molecule has 1 saturated heterocycles. The van der Waals surface area contributed by atoms with Crippen molar-refractivity contribution in [3.05, 3.63) is 0 Å². The Labute approximate surface area is 108 Å². The van der Waals surface area contributed by atoms with Gasteiger partial charge < -0.3 is 9.47 Å². The van der Waals surface area contributed by atoms with E-state index in [0.717, 1.165) is 44.9 Å². The molecule has 1 heterocycles. The molecule has 2 fully saturated rings. The number of hydrogen-bond donors (Lipinski definition) is 0. The van der Waals surface area contributed by atoms with Gasteiger partial charge in [0.25, 0.3) is 0 Å². The van der Waals surface area contributed by atoms with Crippen LogP contribution < -0.4 is 0 Å². The van der Waals surface area contributed by atoms with E-state index < -0.39 is 5.41 Å².